The van der Waals surface area contributed by atoms with Gasteiger partial charge in [0, 0.05) is 24.5 Å². The Morgan fingerprint density at radius 2 is 2.00 bits per heavy atom. The first-order chi connectivity index (χ1) is 12.5. The molecule has 0 amide bonds. The number of nitrogens with one attached hydrogen (secondary N) is 1. The number of imidazole rings is 1. The van der Waals surface area contributed by atoms with Gasteiger partial charge in [0.05, 0.1) is 29.4 Å². The molecule has 0 bridgehead atoms. The number of hydrogen-bond acceptors (Lipinski definition) is 4. The van der Waals surface area contributed by atoms with E-state index in [9.17, 15) is 12.8 Å². The van der Waals surface area contributed by atoms with Gasteiger partial charge in [-0.25, -0.2) is 22.5 Å². The Balaban J connectivity index is 1.75. The van der Waals surface area contributed by atoms with Gasteiger partial charge in [-0.1, -0.05) is 24.3 Å². The van der Waals surface area contributed by atoms with Crippen LogP contribution in [0.2, 0.25) is 0 Å². The zero-order valence-corrected chi connectivity index (χ0v) is 14.4. The molecule has 0 saturated carbocycles. The lowest BCUT2D eigenvalue weighted by Crippen LogP contribution is -2.25. The standard InChI is InChI=1S/C18H15FN4O2S/c19-17-9-14(10-20)5-6-16(17)12-26(24,25)22-11-15-3-1-2-4-18(15)23-8-7-21-13-23/h1-9,13,22H,11-12H2. The molecule has 0 radical (unpaired) electrons. The van der Waals surface area contributed by atoms with Gasteiger partial charge in [-0.15, -0.1) is 0 Å². The van der Waals surface area contributed by atoms with Crippen molar-refractivity contribution < 1.29 is 12.8 Å². The highest BCUT2D eigenvalue weighted by Gasteiger charge is 2.16. The van der Waals surface area contributed by atoms with Crippen LogP contribution in [0.5, 0.6) is 0 Å². The highest BCUT2D eigenvalue weighted by Crippen LogP contribution is 2.16. The van der Waals surface area contributed by atoms with Crippen LogP contribution in [-0.2, 0) is 22.3 Å². The number of aromatic nitrogens is 2. The van der Waals surface area contributed by atoms with Gasteiger partial charge in [0.2, 0.25) is 10.0 Å². The van der Waals surface area contributed by atoms with Gasteiger partial charge in [-0.2, -0.15) is 5.26 Å². The first-order valence-electron chi connectivity index (χ1n) is 7.70. The summed E-state index contributed by atoms with van der Waals surface area (Å²) in [5.74, 6) is -1.22. The fraction of sp³-hybridized carbons (Fsp3) is 0.111. The van der Waals surface area contributed by atoms with Crippen molar-refractivity contribution in [2.45, 2.75) is 12.3 Å². The van der Waals surface area contributed by atoms with Gasteiger partial charge in [-0.3, -0.25) is 0 Å². The van der Waals surface area contributed by atoms with E-state index in [2.05, 4.69) is 9.71 Å². The molecule has 0 aliphatic heterocycles. The van der Waals surface area contributed by atoms with Gasteiger partial charge in [-0.05, 0) is 23.8 Å². The average Bonchev–Trinajstić information content (AvgIpc) is 3.16. The number of hydrogen-bond donors (Lipinski definition) is 1. The van der Waals surface area contributed by atoms with E-state index in [-0.39, 0.29) is 17.7 Å². The lowest BCUT2D eigenvalue weighted by atomic mass is 10.1. The van der Waals surface area contributed by atoms with Crippen molar-refractivity contribution in [3.05, 3.63) is 83.7 Å². The van der Waals surface area contributed by atoms with Gasteiger partial charge < -0.3 is 4.57 Å². The molecule has 26 heavy (non-hydrogen) atoms. The molecule has 0 aliphatic rings. The van der Waals surface area contributed by atoms with Crippen LogP contribution in [0.25, 0.3) is 5.69 Å². The molecular weight excluding hydrogens is 355 g/mol. The average molecular weight is 370 g/mol. The zero-order chi connectivity index (χ0) is 18.6. The van der Waals surface area contributed by atoms with Crippen LogP contribution in [0.1, 0.15) is 16.7 Å². The minimum atomic E-state index is -3.76. The van der Waals surface area contributed by atoms with E-state index < -0.39 is 21.6 Å². The maximum Gasteiger partial charge on any atom is 0.216 e. The summed E-state index contributed by atoms with van der Waals surface area (Å²) in [7, 11) is -3.76. The first-order valence-corrected chi connectivity index (χ1v) is 9.36. The summed E-state index contributed by atoms with van der Waals surface area (Å²) in [5, 5.41) is 8.75. The van der Waals surface area contributed by atoms with Crippen LogP contribution in [0.4, 0.5) is 4.39 Å². The van der Waals surface area contributed by atoms with Crippen LogP contribution >= 0.6 is 0 Å². The van der Waals surface area contributed by atoms with E-state index in [1.165, 1.54) is 12.1 Å². The molecule has 6 nitrogen and oxygen atoms in total. The van der Waals surface area contributed by atoms with E-state index in [0.717, 1.165) is 17.3 Å². The second kappa shape index (κ2) is 7.47. The number of benzene rings is 2. The minimum Gasteiger partial charge on any atom is -0.306 e. The Hall–Kier alpha value is -3.02. The number of para-hydroxylation sites is 1. The molecule has 3 aromatic rings. The molecule has 132 valence electrons. The quantitative estimate of drug-likeness (QED) is 0.722. The fourth-order valence-electron chi connectivity index (χ4n) is 2.49. The fourth-order valence-corrected chi connectivity index (χ4v) is 3.61. The van der Waals surface area contributed by atoms with Crippen molar-refractivity contribution in [2.24, 2.45) is 0 Å². The maximum absolute atomic E-state index is 13.9. The molecule has 0 spiro atoms. The highest BCUT2D eigenvalue weighted by molar-refractivity contribution is 7.88. The predicted octanol–water partition coefficient (Wildman–Crippen LogP) is 2.50. The minimum absolute atomic E-state index is 0.0133. The topological polar surface area (TPSA) is 87.8 Å². The van der Waals surface area contributed by atoms with Gasteiger partial charge in [0.15, 0.2) is 0 Å². The third kappa shape index (κ3) is 4.14. The van der Waals surface area contributed by atoms with Crippen molar-refractivity contribution in [1.82, 2.24) is 14.3 Å². The summed E-state index contributed by atoms with van der Waals surface area (Å²) in [4.78, 5) is 3.99. The summed E-state index contributed by atoms with van der Waals surface area (Å²) in [5.41, 5.74) is 1.72. The zero-order valence-electron chi connectivity index (χ0n) is 13.6. The normalized spacial score (nSPS) is 11.2. The van der Waals surface area contributed by atoms with E-state index in [1.807, 2.05) is 24.3 Å². The lowest BCUT2D eigenvalue weighted by molar-refractivity contribution is 0.574. The second-order valence-corrected chi connectivity index (χ2v) is 7.40. The van der Waals surface area contributed by atoms with Crippen LogP contribution in [-0.4, -0.2) is 18.0 Å². The molecule has 0 aliphatic carbocycles. The lowest BCUT2D eigenvalue weighted by Gasteiger charge is -2.12. The molecule has 3 rings (SSSR count). The molecular formula is C18H15FN4O2S. The van der Waals surface area contributed by atoms with E-state index in [0.29, 0.717) is 0 Å². The molecule has 0 saturated heterocycles. The number of rotatable bonds is 6. The molecule has 0 unspecified atom stereocenters. The number of halogens is 1. The first kappa shape index (κ1) is 17.8. The third-order valence-electron chi connectivity index (χ3n) is 3.78. The molecule has 0 atom stereocenters. The summed E-state index contributed by atoms with van der Waals surface area (Å²) in [6.45, 7) is 0.0641. The Bertz CT molecular complexity index is 1060. The summed E-state index contributed by atoms with van der Waals surface area (Å²) >= 11 is 0. The van der Waals surface area contributed by atoms with Crippen LogP contribution in [0.3, 0.4) is 0 Å². The summed E-state index contributed by atoms with van der Waals surface area (Å²) in [6.07, 6.45) is 5.02. The molecule has 1 N–H and O–H groups in total. The van der Waals surface area contributed by atoms with Gasteiger partial charge >= 0.3 is 0 Å². The molecule has 8 heteroatoms. The second-order valence-electron chi connectivity index (χ2n) is 5.60. The van der Waals surface area contributed by atoms with Crippen molar-refractivity contribution in [2.75, 3.05) is 0 Å². The van der Waals surface area contributed by atoms with E-state index >= 15 is 0 Å². The van der Waals surface area contributed by atoms with Crippen LogP contribution < -0.4 is 4.72 Å². The van der Waals surface area contributed by atoms with Crippen molar-refractivity contribution in [3.63, 3.8) is 0 Å². The Morgan fingerprint density at radius 1 is 1.19 bits per heavy atom. The predicted molar refractivity (Wildman–Crippen MR) is 94.1 cm³/mol. The van der Waals surface area contributed by atoms with Crippen molar-refractivity contribution in [3.8, 4) is 11.8 Å². The molecule has 1 heterocycles. The monoisotopic (exact) mass is 370 g/mol. The summed E-state index contributed by atoms with van der Waals surface area (Å²) in [6, 6.07) is 12.9. The largest absolute Gasteiger partial charge is 0.306 e. The highest BCUT2D eigenvalue weighted by atomic mass is 32.2. The van der Waals surface area contributed by atoms with Gasteiger partial charge in [0.25, 0.3) is 0 Å². The summed E-state index contributed by atoms with van der Waals surface area (Å²) < 4.78 is 42.8. The number of sulfonamides is 1. The SMILES string of the molecule is N#Cc1ccc(CS(=O)(=O)NCc2ccccc2-n2ccnc2)c(F)c1. The smallest absolute Gasteiger partial charge is 0.216 e. The van der Waals surface area contributed by atoms with Crippen LogP contribution in [0, 0.1) is 17.1 Å². The Labute approximate surface area is 150 Å². The third-order valence-corrected chi connectivity index (χ3v) is 5.06. The number of nitrogens with zero attached hydrogens (tertiary/aromatic N) is 3. The van der Waals surface area contributed by atoms with Gasteiger partial charge in [0.1, 0.15) is 5.82 Å². The molecule has 0 fully saturated rings. The van der Waals surface area contributed by atoms with Crippen molar-refractivity contribution in [1.29, 1.82) is 5.26 Å². The number of nitriles is 1. The Kier molecular flexibility index (Phi) is 5.11. The molecule has 1 aromatic heterocycles. The molecule has 2 aromatic carbocycles. The van der Waals surface area contributed by atoms with E-state index in [4.69, 9.17) is 5.26 Å². The van der Waals surface area contributed by atoms with Crippen LogP contribution in [0.15, 0.2) is 61.2 Å². The Morgan fingerprint density at radius 3 is 2.69 bits per heavy atom. The van der Waals surface area contributed by atoms with Crippen molar-refractivity contribution >= 4 is 10.0 Å². The van der Waals surface area contributed by atoms with E-state index in [1.54, 1.807) is 29.4 Å². The maximum atomic E-state index is 13.9.